The van der Waals surface area contributed by atoms with Crippen LogP contribution >= 0.6 is 0 Å². The first-order chi connectivity index (χ1) is 10.1. The van der Waals surface area contributed by atoms with Gasteiger partial charge in [-0.05, 0) is 30.9 Å². The van der Waals surface area contributed by atoms with Gasteiger partial charge in [-0.25, -0.2) is 0 Å². The second kappa shape index (κ2) is 6.92. The fraction of sp³-hybridized carbons (Fsp3) is 0.500. The molecule has 0 radical (unpaired) electrons. The monoisotopic (exact) mass is 294 g/mol. The van der Waals surface area contributed by atoms with Crippen LogP contribution in [0, 0.1) is 5.92 Å². The number of carbonyl (C=O) groups excluding carboxylic acids is 2. The van der Waals surface area contributed by atoms with E-state index in [0.29, 0.717) is 13.1 Å². The number of nitrogens with one attached hydrogen (secondary N) is 1. The van der Waals surface area contributed by atoms with Crippen LogP contribution in [-0.4, -0.2) is 47.4 Å². The molecule has 0 aromatic carbocycles. The molecule has 0 aliphatic carbocycles. The largest absolute Gasteiger partial charge is 0.481 e. The molecule has 21 heavy (non-hydrogen) atoms. The average molecular weight is 294 g/mol. The fourth-order valence-corrected chi connectivity index (χ4v) is 2.47. The molecule has 1 fully saturated rings. The zero-order valence-electron chi connectivity index (χ0n) is 11.6. The third kappa shape index (κ3) is 4.34. The Hall–Kier alpha value is -2.31. The van der Waals surface area contributed by atoms with Crippen molar-refractivity contribution in [3.63, 3.8) is 0 Å². The Labute approximate surface area is 121 Å². The molecular formula is C14H18N2O5. The SMILES string of the molecule is O=C(O)CC1CCCN(C(=O)CNC(=O)c2ccco2)C1. The molecule has 2 N–H and O–H groups in total. The fourth-order valence-electron chi connectivity index (χ4n) is 2.47. The molecule has 2 rings (SSSR count). The van der Waals surface area contributed by atoms with E-state index < -0.39 is 11.9 Å². The molecule has 1 saturated heterocycles. The highest BCUT2D eigenvalue weighted by molar-refractivity contribution is 5.94. The topological polar surface area (TPSA) is 99.9 Å². The summed E-state index contributed by atoms with van der Waals surface area (Å²) >= 11 is 0. The van der Waals surface area contributed by atoms with Crippen LogP contribution in [0.3, 0.4) is 0 Å². The molecule has 7 nitrogen and oxygen atoms in total. The Bertz CT molecular complexity index is 511. The van der Waals surface area contributed by atoms with Crippen molar-refractivity contribution in [1.29, 1.82) is 0 Å². The lowest BCUT2D eigenvalue weighted by Gasteiger charge is -2.32. The van der Waals surface area contributed by atoms with Gasteiger partial charge in [-0.15, -0.1) is 0 Å². The summed E-state index contributed by atoms with van der Waals surface area (Å²) < 4.78 is 4.93. The van der Waals surface area contributed by atoms with Gasteiger partial charge in [0.2, 0.25) is 5.91 Å². The summed E-state index contributed by atoms with van der Waals surface area (Å²) in [6, 6.07) is 3.11. The van der Waals surface area contributed by atoms with Crippen LogP contribution in [0.15, 0.2) is 22.8 Å². The number of piperidine rings is 1. The molecule has 2 amide bonds. The van der Waals surface area contributed by atoms with Crippen LogP contribution in [-0.2, 0) is 9.59 Å². The highest BCUT2D eigenvalue weighted by atomic mass is 16.4. The number of furan rings is 1. The molecule has 2 heterocycles. The van der Waals surface area contributed by atoms with Crippen LogP contribution in [0.1, 0.15) is 29.8 Å². The van der Waals surface area contributed by atoms with Gasteiger partial charge in [0, 0.05) is 19.5 Å². The molecule has 0 saturated carbocycles. The van der Waals surface area contributed by atoms with Crippen LogP contribution in [0.4, 0.5) is 0 Å². The predicted molar refractivity (Wildman–Crippen MR) is 72.6 cm³/mol. The third-order valence-electron chi connectivity index (χ3n) is 3.48. The van der Waals surface area contributed by atoms with Crippen molar-refractivity contribution in [2.45, 2.75) is 19.3 Å². The molecule has 1 aliphatic rings. The molecular weight excluding hydrogens is 276 g/mol. The first-order valence-corrected chi connectivity index (χ1v) is 6.87. The second-order valence-electron chi connectivity index (χ2n) is 5.11. The van der Waals surface area contributed by atoms with Crippen molar-refractivity contribution in [2.24, 2.45) is 5.92 Å². The minimum atomic E-state index is -0.847. The van der Waals surface area contributed by atoms with E-state index in [4.69, 9.17) is 9.52 Å². The van der Waals surface area contributed by atoms with E-state index in [2.05, 4.69) is 5.32 Å². The lowest BCUT2D eigenvalue weighted by atomic mass is 9.95. The quantitative estimate of drug-likeness (QED) is 0.833. The second-order valence-corrected chi connectivity index (χ2v) is 5.11. The van der Waals surface area contributed by atoms with Gasteiger partial charge in [-0.1, -0.05) is 0 Å². The molecule has 7 heteroatoms. The van der Waals surface area contributed by atoms with E-state index in [1.807, 2.05) is 0 Å². The minimum absolute atomic E-state index is 0.0130. The van der Waals surface area contributed by atoms with Gasteiger partial charge in [0.25, 0.3) is 5.91 Å². The summed E-state index contributed by atoms with van der Waals surface area (Å²) in [6.07, 6.45) is 3.06. The van der Waals surface area contributed by atoms with E-state index in [1.165, 1.54) is 12.3 Å². The lowest BCUT2D eigenvalue weighted by Crippen LogP contribution is -2.45. The van der Waals surface area contributed by atoms with Crippen molar-refractivity contribution in [2.75, 3.05) is 19.6 Å². The number of hydrogen-bond acceptors (Lipinski definition) is 4. The summed E-state index contributed by atoms with van der Waals surface area (Å²) in [4.78, 5) is 36.0. The number of likely N-dealkylation sites (tertiary alicyclic amines) is 1. The van der Waals surface area contributed by atoms with E-state index in [-0.39, 0.29) is 30.6 Å². The van der Waals surface area contributed by atoms with E-state index in [9.17, 15) is 14.4 Å². The summed E-state index contributed by atoms with van der Waals surface area (Å²) in [7, 11) is 0. The van der Waals surface area contributed by atoms with E-state index >= 15 is 0 Å². The minimum Gasteiger partial charge on any atom is -0.481 e. The van der Waals surface area contributed by atoms with Gasteiger partial charge in [0.15, 0.2) is 5.76 Å². The van der Waals surface area contributed by atoms with Gasteiger partial charge in [0.1, 0.15) is 0 Å². The Morgan fingerprint density at radius 1 is 1.43 bits per heavy atom. The molecule has 1 atom stereocenters. The standard InChI is InChI=1S/C14H18N2O5/c17-12(8-15-14(20)11-4-2-6-21-11)16-5-1-3-10(9-16)7-13(18)19/h2,4,6,10H,1,3,5,7-9H2,(H,15,20)(H,18,19). The van der Waals surface area contributed by atoms with Gasteiger partial charge < -0.3 is 19.7 Å². The molecule has 1 aromatic rings. The van der Waals surface area contributed by atoms with Crippen molar-refractivity contribution < 1.29 is 23.9 Å². The zero-order chi connectivity index (χ0) is 15.2. The summed E-state index contributed by atoms with van der Waals surface area (Å²) in [5.74, 6) is -1.34. The maximum absolute atomic E-state index is 12.0. The van der Waals surface area contributed by atoms with Crippen molar-refractivity contribution in [3.8, 4) is 0 Å². The third-order valence-corrected chi connectivity index (χ3v) is 3.48. The molecule has 1 aliphatic heterocycles. The van der Waals surface area contributed by atoms with Gasteiger partial charge >= 0.3 is 5.97 Å². The molecule has 1 aromatic heterocycles. The van der Waals surface area contributed by atoms with E-state index in [0.717, 1.165) is 12.8 Å². The first kappa shape index (κ1) is 15.1. The highest BCUT2D eigenvalue weighted by Gasteiger charge is 2.25. The van der Waals surface area contributed by atoms with Gasteiger partial charge in [-0.2, -0.15) is 0 Å². The Balaban J connectivity index is 1.80. The highest BCUT2D eigenvalue weighted by Crippen LogP contribution is 2.19. The smallest absolute Gasteiger partial charge is 0.303 e. The van der Waals surface area contributed by atoms with Crippen LogP contribution in [0.25, 0.3) is 0 Å². The first-order valence-electron chi connectivity index (χ1n) is 6.87. The van der Waals surface area contributed by atoms with Gasteiger partial charge in [0.05, 0.1) is 12.8 Å². The number of carbonyl (C=O) groups is 3. The number of hydrogen-bond donors (Lipinski definition) is 2. The summed E-state index contributed by atoms with van der Waals surface area (Å²) in [5.41, 5.74) is 0. The summed E-state index contributed by atoms with van der Waals surface area (Å²) in [5, 5.41) is 11.3. The number of carboxylic acid groups (broad SMARTS) is 1. The lowest BCUT2D eigenvalue weighted by molar-refractivity contribution is -0.140. The van der Waals surface area contributed by atoms with E-state index in [1.54, 1.807) is 11.0 Å². The number of aliphatic carboxylic acids is 1. The van der Waals surface area contributed by atoms with Crippen LogP contribution in [0.2, 0.25) is 0 Å². The Kier molecular flexibility index (Phi) is 4.97. The Morgan fingerprint density at radius 2 is 2.24 bits per heavy atom. The molecule has 114 valence electrons. The number of nitrogens with zero attached hydrogens (tertiary/aromatic N) is 1. The average Bonchev–Trinajstić information content (AvgIpc) is 2.98. The van der Waals surface area contributed by atoms with Crippen molar-refractivity contribution in [1.82, 2.24) is 10.2 Å². The van der Waals surface area contributed by atoms with Crippen LogP contribution < -0.4 is 5.32 Å². The number of amides is 2. The normalized spacial score (nSPS) is 18.3. The maximum atomic E-state index is 12.0. The molecule has 1 unspecified atom stereocenters. The number of carboxylic acids is 1. The molecule has 0 spiro atoms. The Morgan fingerprint density at radius 3 is 2.90 bits per heavy atom. The zero-order valence-corrected chi connectivity index (χ0v) is 11.6. The van der Waals surface area contributed by atoms with Crippen LogP contribution in [0.5, 0.6) is 0 Å². The predicted octanol–water partition coefficient (Wildman–Crippen LogP) is 0.723. The number of rotatable bonds is 5. The van der Waals surface area contributed by atoms with Crippen molar-refractivity contribution in [3.05, 3.63) is 24.2 Å². The van der Waals surface area contributed by atoms with Crippen molar-refractivity contribution >= 4 is 17.8 Å². The summed E-state index contributed by atoms with van der Waals surface area (Å²) in [6.45, 7) is 0.923. The maximum Gasteiger partial charge on any atom is 0.303 e. The molecule has 0 bridgehead atoms. The van der Waals surface area contributed by atoms with Gasteiger partial charge in [-0.3, -0.25) is 14.4 Å².